The van der Waals surface area contributed by atoms with Gasteiger partial charge < -0.3 is 4.42 Å². The van der Waals surface area contributed by atoms with Crippen LogP contribution in [0.5, 0.6) is 0 Å². The van der Waals surface area contributed by atoms with E-state index in [1.54, 1.807) is 11.3 Å². The van der Waals surface area contributed by atoms with E-state index in [-0.39, 0.29) is 0 Å². The lowest BCUT2D eigenvalue weighted by Gasteiger charge is -1.96. The molecule has 0 amide bonds. The zero-order valence-electron chi connectivity index (χ0n) is 10.9. The average molecular weight is 309 g/mol. The summed E-state index contributed by atoms with van der Waals surface area (Å²) in [6, 6.07) is 18.5. The maximum atomic E-state index is 6.20. The van der Waals surface area contributed by atoms with Gasteiger partial charge in [0.2, 0.25) is 0 Å². The Morgan fingerprint density at radius 3 is 2.57 bits per heavy atom. The van der Waals surface area contributed by atoms with Gasteiger partial charge in [-0.25, -0.2) is 0 Å². The topological polar surface area (TPSA) is 13.1 Å². The molecule has 0 saturated heterocycles. The van der Waals surface area contributed by atoms with E-state index in [4.69, 9.17) is 16.0 Å². The van der Waals surface area contributed by atoms with Gasteiger partial charge in [-0.3, -0.25) is 0 Å². The van der Waals surface area contributed by atoms with Crippen LogP contribution >= 0.6 is 22.9 Å². The molecule has 0 N–H and O–H groups in total. The molecule has 5 aromatic rings. The number of benzene rings is 3. The second kappa shape index (κ2) is 4.00. The summed E-state index contributed by atoms with van der Waals surface area (Å²) in [5, 5.41) is 5.58. The summed E-state index contributed by atoms with van der Waals surface area (Å²) in [7, 11) is 0. The lowest BCUT2D eigenvalue weighted by Crippen LogP contribution is -1.71. The molecule has 0 saturated carbocycles. The number of halogens is 1. The minimum absolute atomic E-state index is 0.770. The van der Waals surface area contributed by atoms with Crippen molar-refractivity contribution in [1.82, 2.24) is 0 Å². The average Bonchev–Trinajstić information content (AvgIpc) is 3.04. The molecule has 1 nitrogen and oxygen atoms in total. The minimum Gasteiger partial charge on any atom is -0.456 e. The van der Waals surface area contributed by atoms with Gasteiger partial charge in [0.15, 0.2) is 0 Å². The fourth-order valence-electron chi connectivity index (χ4n) is 3.06. The molecule has 0 atom stereocenters. The Bertz CT molecular complexity index is 1150. The van der Waals surface area contributed by atoms with Gasteiger partial charge in [0.05, 0.1) is 0 Å². The Labute approximate surface area is 129 Å². The fraction of sp³-hybridized carbons (Fsp3) is 0. The lowest BCUT2D eigenvalue weighted by atomic mass is 10.1. The Hall–Kier alpha value is -2.03. The van der Waals surface area contributed by atoms with Crippen molar-refractivity contribution in [3.05, 3.63) is 59.6 Å². The predicted octanol–water partition coefficient (Wildman–Crippen LogP) is 6.61. The smallest absolute Gasteiger partial charge is 0.136 e. The summed E-state index contributed by atoms with van der Waals surface area (Å²) in [5.74, 6) is 0. The number of hydrogen-bond donors (Lipinski definition) is 0. The van der Waals surface area contributed by atoms with Crippen LogP contribution in [0.1, 0.15) is 0 Å². The summed E-state index contributed by atoms with van der Waals surface area (Å²) in [4.78, 5) is 0. The number of furan rings is 1. The summed E-state index contributed by atoms with van der Waals surface area (Å²) in [5.41, 5.74) is 1.87. The van der Waals surface area contributed by atoms with Gasteiger partial charge in [-0.15, -0.1) is 11.3 Å². The van der Waals surface area contributed by atoms with Gasteiger partial charge in [0.1, 0.15) is 11.2 Å². The molecule has 3 heteroatoms. The SMILES string of the molecule is Clc1ccc2sc3ccc4oc5ccccc5c4c3c2c1. The van der Waals surface area contributed by atoms with E-state index < -0.39 is 0 Å². The normalized spacial score (nSPS) is 12.0. The summed E-state index contributed by atoms with van der Waals surface area (Å²) in [6.45, 7) is 0. The second-order valence-electron chi connectivity index (χ2n) is 5.15. The molecule has 21 heavy (non-hydrogen) atoms. The van der Waals surface area contributed by atoms with Gasteiger partial charge in [-0.1, -0.05) is 29.8 Å². The van der Waals surface area contributed by atoms with E-state index in [0.29, 0.717) is 0 Å². The standard InChI is InChI=1S/C18H9ClOS/c19-10-5-7-15-12(9-10)18-16(21-15)8-6-14-17(18)11-3-1-2-4-13(11)20-14/h1-9H. The van der Waals surface area contributed by atoms with Gasteiger partial charge >= 0.3 is 0 Å². The van der Waals surface area contributed by atoms with Crippen LogP contribution in [-0.4, -0.2) is 0 Å². The third-order valence-corrected chi connectivity index (χ3v) is 5.31. The van der Waals surface area contributed by atoms with E-state index in [1.165, 1.54) is 25.6 Å². The highest BCUT2D eigenvalue weighted by Crippen LogP contribution is 2.42. The van der Waals surface area contributed by atoms with E-state index in [1.807, 2.05) is 18.2 Å². The van der Waals surface area contributed by atoms with Crippen LogP contribution in [0, 0.1) is 0 Å². The van der Waals surface area contributed by atoms with Gasteiger partial charge in [0.25, 0.3) is 0 Å². The molecule has 100 valence electrons. The van der Waals surface area contributed by atoms with Crippen LogP contribution in [-0.2, 0) is 0 Å². The largest absolute Gasteiger partial charge is 0.456 e. The Kier molecular flexibility index (Phi) is 2.21. The summed E-state index contributed by atoms with van der Waals surface area (Å²) >= 11 is 8.00. The quantitative estimate of drug-likeness (QED) is 0.314. The highest BCUT2D eigenvalue weighted by atomic mass is 35.5. The lowest BCUT2D eigenvalue weighted by molar-refractivity contribution is 0.669. The number of para-hydroxylation sites is 1. The summed E-state index contributed by atoms with van der Waals surface area (Å²) in [6.07, 6.45) is 0. The molecule has 5 rings (SSSR count). The Morgan fingerprint density at radius 1 is 0.762 bits per heavy atom. The first kappa shape index (κ1) is 11.6. The molecule has 0 unspecified atom stereocenters. The fourth-order valence-corrected chi connectivity index (χ4v) is 4.32. The van der Waals surface area contributed by atoms with Crippen LogP contribution in [0.4, 0.5) is 0 Å². The Morgan fingerprint density at radius 2 is 1.62 bits per heavy atom. The van der Waals surface area contributed by atoms with Crippen molar-refractivity contribution < 1.29 is 4.42 Å². The van der Waals surface area contributed by atoms with E-state index >= 15 is 0 Å². The first-order valence-electron chi connectivity index (χ1n) is 6.73. The molecular weight excluding hydrogens is 300 g/mol. The van der Waals surface area contributed by atoms with Crippen molar-refractivity contribution in [3.8, 4) is 0 Å². The minimum atomic E-state index is 0.770. The molecule has 0 aliphatic heterocycles. The van der Waals surface area contributed by atoms with Crippen LogP contribution < -0.4 is 0 Å². The molecule has 0 bridgehead atoms. The molecule has 0 aliphatic rings. The van der Waals surface area contributed by atoms with Crippen LogP contribution in [0.2, 0.25) is 5.02 Å². The third-order valence-electron chi connectivity index (χ3n) is 3.94. The van der Waals surface area contributed by atoms with Crippen LogP contribution in [0.25, 0.3) is 42.1 Å². The highest BCUT2D eigenvalue weighted by molar-refractivity contribution is 7.26. The van der Waals surface area contributed by atoms with Crippen molar-refractivity contribution in [3.63, 3.8) is 0 Å². The van der Waals surface area contributed by atoms with Crippen molar-refractivity contribution >= 4 is 65.0 Å². The number of rotatable bonds is 0. The van der Waals surface area contributed by atoms with Gasteiger partial charge in [0, 0.05) is 36.0 Å². The van der Waals surface area contributed by atoms with Crippen molar-refractivity contribution in [1.29, 1.82) is 0 Å². The second-order valence-corrected chi connectivity index (χ2v) is 6.67. The summed E-state index contributed by atoms with van der Waals surface area (Å²) < 4.78 is 8.51. The van der Waals surface area contributed by atoms with Crippen molar-refractivity contribution in [2.45, 2.75) is 0 Å². The zero-order chi connectivity index (χ0) is 14.0. The molecule has 0 spiro atoms. The van der Waals surface area contributed by atoms with Gasteiger partial charge in [-0.2, -0.15) is 0 Å². The first-order valence-corrected chi connectivity index (χ1v) is 7.93. The molecule has 0 radical (unpaired) electrons. The van der Waals surface area contributed by atoms with Crippen LogP contribution in [0.15, 0.2) is 59.0 Å². The maximum Gasteiger partial charge on any atom is 0.136 e. The number of thiophene rings is 1. The third kappa shape index (κ3) is 1.52. The molecular formula is C18H9ClOS. The van der Waals surface area contributed by atoms with E-state index in [9.17, 15) is 0 Å². The highest BCUT2D eigenvalue weighted by Gasteiger charge is 2.14. The zero-order valence-corrected chi connectivity index (χ0v) is 12.5. The molecule has 2 heterocycles. The van der Waals surface area contributed by atoms with Crippen molar-refractivity contribution in [2.24, 2.45) is 0 Å². The molecule has 0 fully saturated rings. The maximum absolute atomic E-state index is 6.20. The van der Waals surface area contributed by atoms with Crippen molar-refractivity contribution in [2.75, 3.05) is 0 Å². The predicted molar refractivity (Wildman–Crippen MR) is 91.6 cm³/mol. The van der Waals surface area contributed by atoms with E-state index in [0.717, 1.165) is 21.6 Å². The first-order chi connectivity index (χ1) is 10.3. The van der Waals surface area contributed by atoms with Crippen LogP contribution in [0.3, 0.4) is 0 Å². The molecule has 0 aliphatic carbocycles. The van der Waals surface area contributed by atoms with Gasteiger partial charge in [-0.05, 0) is 36.4 Å². The Balaban J connectivity index is 2.16. The van der Waals surface area contributed by atoms with E-state index in [2.05, 4.69) is 36.4 Å². The monoisotopic (exact) mass is 308 g/mol. The number of fused-ring (bicyclic) bond motifs is 7. The number of hydrogen-bond acceptors (Lipinski definition) is 2. The molecule has 3 aromatic carbocycles. The molecule has 2 aromatic heterocycles.